The predicted molar refractivity (Wildman–Crippen MR) is 97.2 cm³/mol. The average molecular weight is 347 g/mol. The molecule has 25 heavy (non-hydrogen) atoms. The van der Waals surface area contributed by atoms with Crippen LogP contribution < -0.4 is 15.4 Å². The highest BCUT2D eigenvalue weighted by Gasteiger charge is 2.28. The maximum Gasteiger partial charge on any atom is 0.239 e. The molecule has 1 unspecified atom stereocenters. The van der Waals surface area contributed by atoms with Crippen molar-refractivity contribution < 1.29 is 14.6 Å². The molecule has 0 aliphatic rings. The topological polar surface area (TPSA) is 94.4 Å². The van der Waals surface area contributed by atoms with E-state index in [0.717, 1.165) is 0 Å². The van der Waals surface area contributed by atoms with E-state index >= 15 is 0 Å². The number of nitrogens with one attached hydrogen (secondary N) is 2. The lowest BCUT2D eigenvalue weighted by atomic mass is 9.96. The molecule has 1 aromatic rings. The van der Waals surface area contributed by atoms with Crippen LogP contribution in [-0.2, 0) is 4.79 Å². The summed E-state index contributed by atoms with van der Waals surface area (Å²) in [6, 6.07) is 8.90. The van der Waals surface area contributed by atoms with Crippen molar-refractivity contribution in [2.75, 3.05) is 19.7 Å². The lowest BCUT2D eigenvalue weighted by Gasteiger charge is -2.28. The minimum Gasteiger partial charge on any atom is -0.489 e. The first-order chi connectivity index (χ1) is 11.5. The summed E-state index contributed by atoms with van der Waals surface area (Å²) in [5.74, 6) is 0.316. The van der Waals surface area contributed by atoms with Crippen molar-refractivity contribution in [2.45, 2.75) is 46.3 Å². The number of β-amino-alcohol motifs (C(OH)–C–C–N with tert-alkyl or cyclic N) is 1. The molecule has 6 nitrogen and oxygen atoms in total. The Morgan fingerprint density at radius 2 is 1.92 bits per heavy atom. The van der Waals surface area contributed by atoms with Gasteiger partial charge in [-0.2, -0.15) is 5.26 Å². The number of nitrogens with zero attached hydrogens (tertiary/aromatic N) is 1. The van der Waals surface area contributed by atoms with Crippen molar-refractivity contribution in [1.29, 1.82) is 5.26 Å². The Morgan fingerprint density at radius 1 is 1.28 bits per heavy atom. The minimum absolute atomic E-state index is 0.00717. The Kier molecular flexibility index (Phi) is 7.40. The van der Waals surface area contributed by atoms with Crippen LogP contribution in [0.15, 0.2) is 24.3 Å². The minimum atomic E-state index is -0.809. The number of hydrogen-bond donors (Lipinski definition) is 3. The molecule has 6 heteroatoms. The second kappa shape index (κ2) is 8.84. The molecule has 1 rings (SSSR count). The normalized spacial score (nSPS) is 13.0. The van der Waals surface area contributed by atoms with Crippen LogP contribution in [0.25, 0.3) is 0 Å². The van der Waals surface area contributed by atoms with E-state index in [1.807, 2.05) is 26.8 Å². The first-order valence-corrected chi connectivity index (χ1v) is 8.38. The zero-order valence-electron chi connectivity index (χ0n) is 15.7. The van der Waals surface area contributed by atoms with Gasteiger partial charge in [0.25, 0.3) is 0 Å². The van der Waals surface area contributed by atoms with Crippen molar-refractivity contribution in [3.05, 3.63) is 29.8 Å². The number of para-hydroxylation sites is 1. The summed E-state index contributed by atoms with van der Waals surface area (Å²) >= 11 is 0. The van der Waals surface area contributed by atoms with Crippen molar-refractivity contribution >= 4 is 5.91 Å². The summed E-state index contributed by atoms with van der Waals surface area (Å²) in [5.41, 5.74) is -0.381. The molecule has 0 spiro atoms. The van der Waals surface area contributed by atoms with Crippen LogP contribution >= 0.6 is 0 Å². The summed E-state index contributed by atoms with van der Waals surface area (Å²) in [6.07, 6.45) is -0.804. The number of aliphatic hydroxyl groups is 1. The highest BCUT2D eigenvalue weighted by molar-refractivity contribution is 5.85. The molecule has 1 amide bonds. The van der Waals surface area contributed by atoms with Gasteiger partial charge >= 0.3 is 0 Å². The lowest BCUT2D eigenvalue weighted by molar-refractivity contribution is -0.127. The first-order valence-electron chi connectivity index (χ1n) is 8.38. The quantitative estimate of drug-likeness (QED) is 0.667. The largest absolute Gasteiger partial charge is 0.489 e. The molecular weight excluding hydrogens is 318 g/mol. The smallest absolute Gasteiger partial charge is 0.239 e. The van der Waals surface area contributed by atoms with E-state index in [2.05, 4.69) is 10.6 Å². The second-order valence-corrected chi connectivity index (χ2v) is 7.82. The molecule has 0 heterocycles. The third-order valence-corrected chi connectivity index (χ3v) is 3.57. The molecule has 0 aliphatic carbocycles. The average Bonchev–Trinajstić information content (AvgIpc) is 2.55. The number of amides is 1. The van der Waals surface area contributed by atoms with Gasteiger partial charge in [0.1, 0.15) is 24.5 Å². The summed E-state index contributed by atoms with van der Waals surface area (Å²) in [6.45, 7) is 10.5. The van der Waals surface area contributed by atoms with Crippen molar-refractivity contribution in [1.82, 2.24) is 10.6 Å². The number of nitriles is 1. The molecular formula is C19H29N3O3. The number of aliphatic hydroxyl groups excluding tert-OH is 1. The number of rotatable bonds is 8. The third kappa shape index (κ3) is 7.55. The van der Waals surface area contributed by atoms with Crippen LogP contribution in [0.3, 0.4) is 0 Å². The third-order valence-electron chi connectivity index (χ3n) is 3.57. The van der Waals surface area contributed by atoms with Crippen molar-refractivity contribution in [3.63, 3.8) is 0 Å². The lowest BCUT2D eigenvalue weighted by Crippen LogP contribution is -2.55. The molecule has 3 N–H and O–H groups in total. The van der Waals surface area contributed by atoms with Crippen LogP contribution in [0.5, 0.6) is 5.75 Å². The fraction of sp³-hybridized carbons (Fsp3) is 0.579. The Bertz CT molecular complexity index is 615. The number of hydrogen-bond acceptors (Lipinski definition) is 5. The van der Waals surface area contributed by atoms with Gasteiger partial charge in [-0.1, -0.05) is 32.9 Å². The molecule has 0 saturated carbocycles. The Labute approximate surface area is 150 Å². The highest BCUT2D eigenvalue weighted by atomic mass is 16.5. The van der Waals surface area contributed by atoms with E-state index in [9.17, 15) is 9.90 Å². The molecule has 0 saturated heterocycles. The molecule has 0 bridgehead atoms. The second-order valence-electron chi connectivity index (χ2n) is 7.82. The van der Waals surface area contributed by atoms with Gasteiger partial charge in [-0.15, -0.1) is 0 Å². The fourth-order valence-corrected chi connectivity index (χ4v) is 1.95. The standard InChI is InChI=1S/C19H29N3O3/c1-18(2,3)13-21-17(24)19(4,5)22-11-15(23)12-25-16-9-7-6-8-14(16)10-20/h6-9,15,22-23H,11-13H2,1-5H3,(H,21,24). The summed E-state index contributed by atoms with van der Waals surface area (Å²) in [4.78, 5) is 12.3. The molecule has 0 aromatic heterocycles. The van der Waals surface area contributed by atoms with Crippen LogP contribution in [-0.4, -0.2) is 42.4 Å². The van der Waals surface area contributed by atoms with E-state index in [1.54, 1.807) is 38.1 Å². The van der Waals surface area contributed by atoms with Gasteiger partial charge in [-0.3, -0.25) is 4.79 Å². The Morgan fingerprint density at radius 3 is 2.52 bits per heavy atom. The summed E-state index contributed by atoms with van der Waals surface area (Å²) in [7, 11) is 0. The molecule has 0 fully saturated rings. The molecule has 1 aromatic carbocycles. The van der Waals surface area contributed by atoms with E-state index in [4.69, 9.17) is 10.00 Å². The van der Waals surface area contributed by atoms with E-state index in [1.165, 1.54) is 0 Å². The zero-order chi connectivity index (χ0) is 19.1. The predicted octanol–water partition coefficient (Wildman–Crippen LogP) is 1.83. The summed E-state index contributed by atoms with van der Waals surface area (Å²) < 4.78 is 5.49. The van der Waals surface area contributed by atoms with Gasteiger partial charge in [0, 0.05) is 13.1 Å². The first kappa shape index (κ1) is 20.9. The van der Waals surface area contributed by atoms with Gasteiger partial charge in [0.15, 0.2) is 0 Å². The van der Waals surface area contributed by atoms with Crippen molar-refractivity contribution in [2.24, 2.45) is 5.41 Å². The molecule has 138 valence electrons. The van der Waals surface area contributed by atoms with Crippen LogP contribution in [0, 0.1) is 16.7 Å². The Balaban J connectivity index is 2.45. The van der Waals surface area contributed by atoms with Gasteiger partial charge in [0.05, 0.1) is 11.1 Å². The van der Waals surface area contributed by atoms with Gasteiger partial charge in [-0.05, 0) is 31.4 Å². The van der Waals surface area contributed by atoms with Crippen LogP contribution in [0.2, 0.25) is 0 Å². The number of ether oxygens (including phenoxy) is 1. The summed E-state index contributed by atoms with van der Waals surface area (Å²) in [5, 5.41) is 25.1. The highest BCUT2D eigenvalue weighted by Crippen LogP contribution is 2.16. The number of carbonyl (C=O) groups excluding carboxylic acids is 1. The molecule has 0 radical (unpaired) electrons. The monoisotopic (exact) mass is 347 g/mol. The van der Waals surface area contributed by atoms with Crippen LogP contribution in [0.4, 0.5) is 0 Å². The maximum atomic E-state index is 12.3. The number of benzene rings is 1. The number of carbonyl (C=O) groups is 1. The maximum absolute atomic E-state index is 12.3. The van der Waals surface area contributed by atoms with Gasteiger partial charge < -0.3 is 20.5 Å². The van der Waals surface area contributed by atoms with Crippen LogP contribution in [0.1, 0.15) is 40.2 Å². The van der Waals surface area contributed by atoms with Gasteiger partial charge in [-0.25, -0.2) is 0 Å². The fourth-order valence-electron chi connectivity index (χ4n) is 1.95. The van der Waals surface area contributed by atoms with E-state index in [-0.39, 0.29) is 24.5 Å². The van der Waals surface area contributed by atoms with Crippen molar-refractivity contribution in [3.8, 4) is 11.8 Å². The Hall–Kier alpha value is -2.10. The molecule has 1 atom stereocenters. The molecule has 0 aliphatic heterocycles. The van der Waals surface area contributed by atoms with E-state index in [0.29, 0.717) is 17.9 Å². The van der Waals surface area contributed by atoms with E-state index < -0.39 is 11.6 Å². The SMILES string of the molecule is CC(C)(C)CNC(=O)C(C)(C)NCC(O)COc1ccccc1C#N. The van der Waals surface area contributed by atoms with Gasteiger partial charge in [0.2, 0.25) is 5.91 Å². The zero-order valence-corrected chi connectivity index (χ0v) is 15.7.